The summed E-state index contributed by atoms with van der Waals surface area (Å²) in [5.41, 5.74) is 0. The predicted molar refractivity (Wildman–Crippen MR) is 61.9 cm³/mol. The van der Waals surface area contributed by atoms with E-state index in [4.69, 9.17) is 11.6 Å². The number of aldehydes is 1. The van der Waals surface area contributed by atoms with Crippen LogP contribution in [-0.2, 0) is 14.6 Å². The monoisotopic (exact) mass is 310 g/mol. The Kier molecular flexibility index (Phi) is 3.92. The molecule has 0 bridgehead atoms. The highest BCUT2D eigenvalue weighted by Crippen LogP contribution is 2.24. The molecule has 82 valence electrons. The van der Waals surface area contributed by atoms with Crippen LogP contribution in [0.2, 0.25) is 5.02 Å². The molecule has 0 aliphatic heterocycles. The summed E-state index contributed by atoms with van der Waals surface area (Å²) in [6.07, 6.45) is 0.393. The van der Waals surface area contributed by atoms with Crippen LogP contribution >= 0.6 is 27.5 Å². The van der Waals surface area contributed by atoms with Gasteiger partial charge in [0.1, 0.15) is 11.5 Å². The lowest BCUT2D eigenvalue weighted by Crippen LogP contribution is -2.19. The number of carbonyl (C=O) groups excluding carboxylic acids is 1. The van der Waals surface area contributed by atoms with Gasteiger partial charge in [0, 0.05) is 9.50 Å². The largest absolute Gasteiger partial charge is 0.302 e. The van der Waals surface area contributed by atoms with Crippen LogP contribution in [0.4, 0.5) is 0 Å². The van der Waals surface area contributed by atoms with Crippen LogP contribution in [0.15, 0.2) is 27.6 Å². The van der Waals surface area contributed by atoms with Crippen molar-refractivity contribution in [3.05, 3.63) is 27.7 Å². The van der Waals surface area contributed by atoms with Gasteiger partial charge in [-0.05, 0) is 25.1 Å². The van der Waals surface area contributed by atoms with Crippen molar-refractivity contribution in [3.8, 4) is 0 Å². The van der Waals surface area contributed by atoms with Gasteiger partial charge >= 0.3 is 0 Å². The molecule has 1 aromatic rings. The molecule has 0 radical (unpaired) electrons. The smallest absolute Gasteiger partial charge is 0.187 e. The van der Waals surface area contributed by atoms with Crippen molar-refractivity contribution in [1.82, 2.24) is 0 Å². The van der Waals surface area contributed by atoms with E-state index in [-0.39, 0.29) is 4.90 Å². The number of carbonyl (C=O) groups is 1. The fourth-order valence-electron chi connectivity index (χ4n) is 0.981. The predicted octanol–water partition coefficient (Wildman–Crippen LogP) is 2.46. The second kappa shape index (κ2) is 4.63. The van der Waals surface area contributed by atoms with Gasteiger partial charge in [0.25, 0.3) is 0 Å². The molecule has 0 saturated carbocycles. The Morgan fingerprint density at radius 2 is 2.00 bits per heavy atom. The molecule has 0 aliphatic carbocycles. The summed E-state index contributed by atoms with van der Waals surface area (Å²) in [4.78, 5) is 10.5. The SMILES string of the molecule is CC(C=O)S(=O)(=O)c1cc(Cl)cc(Br)c1. The first-order valence-corrected chi connectivity index (χ1v) is 6.75. The van der Waals surface area contributed by atoms with E-state index in [9.17, 15) is 13.2 Å². The van der Waals surface area contributed by atoms with Crippen molar-refractivity contribution in [3.63, 3.8) is 0 Å². The number of hydrogen-bond acceptors (Lipinski definition) is 3. The Morgan fingerprint density at radius 3 is 2.47 bits per heavy atom. The zero-order chi connectivity index (χ0) is 11.6. The molecule has 0 N–H and O–H groups in total. The molecule has 0 spiro atoms. The van der Waals surface area contributed by atoms with Crippen LogP contribution in [0.3, 0.4) is 0 Å². The summed E-state index contributed by atoms with van der Waals surface area (Å²) in [5.74, 6) is 0. The van der Waals surface area contributed by atoms with Crippen LogP contribution in [0.1, 0.15) is 6.92 Å². The standard InChI is InChI=1S/C9H8BrClO3S/c1-6(5-12)15(13,14)9-3-7(10)2-8(11)4-9/h2-6H,1H3. The van der Waals surface area contributed by atoms with Crippen LogP contribution < -0.4 is 0 Å². The van der Waals surface area contributed by atoms with Gasteiger partial charge in [0.2, 0.25) is 0 Å². The molecule has 3 nitrogen and oxygen atoms in total. The average molecular weight is 312 g/mol. The van der Waals surface area contributed by atoms with Crippen LogP contribution in [0.25, 0.3) is 0 Å². The van der Waals surface area contributed by atoms with E-state index in [1.165, 1.54) is 19.1 Å². The Balaban J connectivity index is 3.33. The molecule has 0 amide bonds. The fourth-order valence-corrected chi connectivity index (χ4v) is 3.21. The summed E-state index contributed by atoms with van der Waals surface area (Å²) in [7, 11) is -3.62. The number of hydrogen-bond donors (Lipinski definition) is 0. The Labute approximate surface area is 101 Å². The highest BCUT2D eigenvalue weighted by Gasteiger charge is 2.23. The van der Waals surface area contributed by atoms with Crippen molar-refractivity contribution in [1.29, 1.82) is 0 Å². The number of rotatable bonds is 3. The highest BCUT2D eigenvalue weighted by atomic mass is 79.9. The Bertz CT molecular complexity index is 464. The number of halogens is 2. The van der Waals surface area contributed by atoms with Crippen LogP contribution in [0, 0.1) is 0 Å². The maximum absolute atomic E-state index is 11.8. The first kappa shape index (κ1) is 12.7. The van der Waals surface area contributed by atoms with Gasteiger partial charge in [-0.1, -0.05) is 27.5 Å². The van der Waals surface area contributed by atoms with E-state index < -0.39 is 15.1 Å². The van der Waals surface area contributed by atoms with Gasteiger partial charge in [-0.3, -0.25) is 0 Å². The lowest BCUT2D eigenvalue weighted by molar-refractivity contribution is -0.107. The number of benzene rings is 1. The van der Waals surface area contributed by atoms with Crippen molar-refractivity contribution < 1.29 is 13.2 Å². The minimum atomic E-state index is -3.62. The molecular formula is C9H8BrClO3S. The van der Waals surface area contributed by atoms with Gasteiger partial charge < -0.3 is 4.79 Å². The van der Waals surface area contributed by atoms with E-state index in [1.54, 1.807) is 6.07 Å². The van der Waals surface area contributed by atoms with Gasteiger partial charge in [-0.25, -0.2) is 8.42 Å². The third-order valence-corrected chi connectivity index (χ3v) is 4.50. The van der Waals surface area contributed by atoms with E-state index in [1.807, 2.05) is 0 Å². The molecule has 1 atom stereocenters. The number of sulfone groups is 1. The van der Waals surface area contributed by atoms with Crippen molar-refractivity contribution in [2.45, 2.75) is 17.1 Å². The van der Waals surface area contributed by atoms with E-state index in [0.29, 0.717) is 15.8 Å². The van der Waals surface area contributed by atoms with E-state index in [2.05, 4.69) is 15.9 Å². The lowest BCUT2D eigenvalue weighted by Gasteiger charge is -2.07. The normalized spacial score (nSPS) is 13.5. The molecule has 1 aromatic carbocycles. The molecule has 0 aromatic heterocycles. The molecule has 0 heterocycles. The van der Waals surface area contributed by atoms with Crippen molar-refractivity contribution in [2.24, 2.45) is 0 Å². The van der Waals surface area contributed by atoms with Crippen molar-refractivity contribution >= 4 is 43.7 Å². The zero-order valence-electron chi connectivity index (χ0n) is 7.78. The second-order valence-corrected chi connectivity index (χ2v) is 6.65. The maximum atomic E-state index is 11.8. The van der Waals surface area contributed by atoms with Crippen LogP contribution in [-0.4, -0.2) is 20.0 Å². The van der Waals surface area contributed by atoms with Gasteiger partial charge in [-0.2, -0.15) is 0 Å². The van der Waals surface area contributed by atoms with Gasteiger partial charge in [-0.15, -0.1) is 0 Å². The first-order chi connectivity index (χ1) is 6.87. The van der Waals surface area contributed by atoms with Crippen molar-refractivity contribution in [2.75, 3.05) is 0 Å². The molecule has 1 rings (SSSR count). The van der Waals surface area contributed by atoms with E-state index in [0.717, 1.165) is 0 Å². The quantitative estimate of drug-likeness (QED) is 0.806. The lowest BCUT2D eigenvalue weighted by atomic mass is 10.4. The molecule has 6 heteroatoms. The summed E-state index contributed by atoms with van der Waals surface area (Å²) in [6, 6.07) is 4.31. The third-order valence-electron chi connectivity index (χ3n) is 1.85. The molecule has 0 aliphatic rings. The zero-order valence-corrected chi connectivity index (χ0v) is 10.9. The average Bonchev–Trinajstić information content (AvgIpc) is 2.15. The minimum Gasteiger partial charge on any atom is -0.302 e. The molecule has 15 heavy (non-hydrogen) atoms. The molecular weight excluding hydrogens is 304 g/mol. The minimum absolute atomic E-state index is 0.0430. The summed E-state index contributed by atoms with van der Waals surface area (Å²) in [5, 5.41) is -0.760. The summed E-state index contributed by atoms with van der Waals surface area (Å²) in [6.45, 7) is 1.33. The van der Waals surface area contributed by atoms with E-state index >= 15 is 0 Å². The molecule has 0 fully saturated rings. The molecule has 0 saturated heterocycles. The summed E-state index contributed by atoms with van der Waals surface area (Å²) >= 11 is 8.86. The Hall–Kier alpha value is -0.390. The van der Waals surface area contributed by atoms with Gasteiger partial charge in [0.15, 0.2) is 9.84 Å². The third kappa shape index (κ3) is 2.80. The van der Waals surface area contributed by atoms with Gasteiger partial charge in [0.05, 0.1) is 4.90 Å². The highest BCUT2D eigenvalue weighted by molar-refractivity contribution is 9.10. The van der Waals surface area contributed by atoms with Crippen LogP contribution in [0.5, 0.6) is 0 Å². The Morgan fingerprint density at radius 1 is 1.40 bits per heavy atom. The maximum Gasteiger partial charge on any atom is 0.187 e. The topological polar surface area (TPSA) is 51.2 Å². The molecule has 1 unspecified atom stereocenters. The fraction of sp³-hybridized carbons (Fsp3) is 0.222. The summed E-state index contributed by atoms with van der Waals surface area (Å²) < 4.78 is 24.1. The first-order valence-electron chi connectivity index (χ1n) is 4.03. The second-order valence-electron chi connectivity index (χ2n) is 2.99.